The minimum Gasteiger partial charge on any atom is -0.461 e. The Kier molecular flexibility index (Phi) is 4.48. The minimum absolute atomic E-state index is 0.0647. The van der Waals surface area contributed by atoms with E-state index in [1.165, 1.54) is 24.5 Å². The van der Waals surface area contributed by atoms with Crippen LogP contribution >= 0.6 is 11.6 Å². The maximum absolute atomic E-state index is 12.6. The van der Waals surface area contributed by atoms with E-state index < -0.39 is 12.6 Å². The molecule has 0 amide bonds. The van der Waals surface area contributed by atoms with Gasteiger partial charge in [0, 0.05) is 16.8 Å². The monoisotopic (exact) mass is 349 g/mol. The quantitative estimate of drug-likeness (QED) is 0.616. The summed E-state index contributed by atoms with van der Waals surface area (Å²) in [4.78, 5) is 4.24. The van der Waals surface area contributed by atoms with Crippen LogP contribution in [0.3, 0.4) is 0 Å². The molecule has 0 atom stereocenters. The maximum atomic E-state index is 12.6. The Bertz CT molecular complexity index is 840. The topological polar surface area (TPSA) is 91.3 Å². The zero-order valence-electron chi connectivity index (χ0n) is 12.3. The van der Waals surface area contributed by atoms with E-state index in [1.54, 1.807) is 24.3 Å². The number of aromatic nitrogens is 3. The van der Waals surface area contributed by atoms with Crippen molar-refractivity contribution >= 4 is 11.6 Å². The number of nitrogens with zero attached hydrogens (tertiary/aromatic N) is 2. The van der Waals surface area contributed by atoms with Crippen LogP contribution in [-0.4, -0.2) is 32.3 Å². The smallest absolute Gasteiger partial charge is 0.238 e. The van der Waals surface area contributed by atoms with Crippen molar-refractivity contribution in [3.8, 4) is 17.0 Å². The predicted molar refractivity (Wildman–Crippen MR) is 85.1 cm³/mol. The average Bonchev–Trinajstić information content (AvgIpc) is 3.10. The van der Waals surface area contributed by atoms with Gasteiger partial charge in [-0.05, 0) is 24.3 Å². The SMILES string of the molecule is OC(O)(c1cn[nH]c1)c1ccc(OCF)c(-c2cccc(Cl)c2)n1. The van der Waals surface area contributed by atoms with Crippen LogP contribution in [0.25, 0.3) is 11.3 Å². The largest absolute Gasteiger partial charge is 0.461 e. The molecule has 0 bridgehead atoms. The highest BCUT2D eigenvalue weighted by molar-refractivity contribution is 6.30. The lowest BCUT2D eigenvalue weighted by Crippen LogP contribution is -2.27. The molecule has 0 aliphatic rings. The molecule has 0 aliphatic carbocycles. The number of aromatic amines is 1. The Morgan fingerprint density at radius 2 is 2.08 bits per heavy atom. The van der Waals surface area contributed by atoms with Crippen molar-refractivity contribution < 1.29 is 19.3 Å². The highest BCUT2D eigenvalue weighted by Gasteiger charge is 2.32. The Labute approximate surface area is 141 Å². The standard InChI is InChI=1S/C16H13ClFN3O3/c17-12-3-1-2-10(6-12)15-13(24-9-18)4-5-14(21-15)16(22,23)11-7-19-20-8-11/h1-8,22-23H,9H2,(H,19,20). The molecule has 0 saturated heterocycles. The molecule has 0 unspecified atom stereocenters. The second-order valence-electron chi connectivity index (χ2n) is 4.97. The third kappa shape index (κ3) is 3.09. The number of rotatable bonds is 5. The number of hydrogen-bond donors (Lipinski definition) is 3. The highest BCUT2D eigenvalue weighted by Crippen LogP contribution is 2.33. The van der Waals surface area contributed by atoms with Gasteiger partial charge in [0.2, 0.25) is 12.6 Å². The number of aliphatic hydroxyl groups is 2. The van der Waals surface area contributed by atoms with Crippen molar-refractivity contribution in [1.82, 2.24) is 15.2 Å². The van der Waals surface area contributed by atoms with Gasteiger partial charge in [0.15, 0.2) is 0 Å². The molecule has 8 heteroatoms. The van der Waals surface area contributed by atoms with E-state index in [-0.39, 0.29) is 22.7 Å². The summed E-state index contributed by atoms with van der Waals surface area (Å²) in [5.74, 6) is -2.21. The van der Waals surface area contributed by atoms with E-state index in [9.17, 15) is 14.6 Å². The summed E-state index contributed by atoms with van der Waals surface area (Å²) in [7, 11) is 0. The number of H-pyrrole nitrogens is 1. The first kappa shape index (κ1) is 16.4. The summed E-state index contributed by atoms with van der Waals surface area (Å²) in [5.41, 5.74) is 0.843. The van der Waals surface area contributed by atoms with Crippen LogP contribution in [0, 0.1) is 0 Å². The fourth-order valence-corrected chi connectivity index (χ4v) is 2.44. The lowest BCUT2D eigenvalue weighted by molar-refractivity contribution is -0.135. The average molecular weight is 350 g/mol. The van der Waals surface area contributed by atoms with Gasteiger partial charge < -0.3 is 14.9 Å². The van der Waals surface area contributed by atoms with E-state index in [1.807, 2.05) is 0 Å². The first-order chi connectivity index (χ1) is 11.5. The van der Waals surface area contributed by atoms with Crippen molar-refractivity contribution in [2.45, 2.75) is 5.79 Å². The van der Waals surface area contributed by atoms with Crippen LogP contribution in [0.2, 0.25) is 5.02 Å². The van der Waals surface area contributed by atoms with Crippen molar-refractivity contribution in [2.24, 2.45) is 0 Å². The summed E-state index contributed by atoms with van der Waals surface area (Å²) in [6.45, 7) is -1.04. The van der Waals surface area contributed by atoms with Gasteiger partial charge in [-0.2, -0.15) is 5.10 Å². The van der Waals surface area contributed by atoms with Crippen LogP contribution in [0.5, 0.6) is 5.75 Å². The molecule has 124 valence electrons. The summed E-state index contributed by atoms with van der Waals surface area (Å²) < 4.78 is 17.6. The fourth-order valence-electron chi connectivity index (χ4n) is 2.25. The predicted octanol–water partition coefficient (Wildman–Crippen LogP) is 2.62. The van der Waals surface area contributed by atoms with Gasteiger partial charge in [-0.15, -0.1) is 0 Å². The van der Waals surface area contributed by atoms with Crippen LogP contribution in [-0.2, 0) is 5.79 Å². The second-order valence-corrected chi connectivity index (χ2v) is 5.40. The molecular weight excluding hydrogens is 337 g/mol. The van der Waals surface area contributed by atoms with Crippen LogP contribution < -0.4 is 4.74 Å². The van der Waals surface area contributed by atoms with Gasteiger partial charge in [0.25, 0.3) is 0 Å². The van der Waals surface area contributed by atoms with Gasteiger partial charge in [0.1, 0.15) is 17.1 Å². The molecule has 3 N–H and O–H groups in total. The van der Waals surface area contributed by atoms with Crippen LogP contribution in [0.1, 0.15) is 11.3 Å². The number of benzene rings is 1. The summed E-state index contributed by atoms with van der Waals surface area (Å²) >= 11 is 5.98. The number of ether oxygens (including phenoxy) is 1. The molecule has 0 saturated carbocycles. The van der Waals surface area contributed by atoms with E-state index in [0.717, 1.165) is 0 Å². The zero-order chi connectivity index (χ0) is 17.2. The van der Waals surface area contributed by atoms with Crippen LogP contribution in [0.4, 0.5) is 4.39 Å². The first-order valence-electron chi connectivity index (χ1n) is 6.92. The van der Waals surface area contributed by atoms with Crippen molar-refractivity contribution in [1.29, 1.82) is 0 Å². The Morgan fingerprint density at radius 3 is 2.75 bits per heavy atom. The highest BCUT2D eigenvalue weighted by atomic mass is 35.5. The van der Waals surface area contributed by atoms with E-state index in [2.05, 4.69) is 15.2 Å². The summed E-state index contributed by atoms with van der Waals surface area (Å²) in [6.07, 6.45) is 2.61. The first-order valence-corrected chi connectivity index (χ1v) is 7.30. The number of halogens is 2. The summed E-state index contributed by atoms with van der Waals surface area (Å²) in [6, 6.07) is 9.46. The molecular formula is C16H13ClFN3O3. The molecule has 6 nitrogen and oxygen atoms in total. The second kappa shape index (κ2) is 6.56. The number of alkyl halides is 1. The molecule has 1 aromatic carbocycles. The van der Waals surface area contributed by atoms with Gasteiger partial charge in [-0.3, -0.25) is 5.10 Å². The van der Waals surface area contributed by atoms with Gasteiger partial charge in [-0.1, -0.05) is 23.7 Å². The fraction of sp³-hybridized carbons (Fsp3) is 0.125. The van der Waals surface area contributed by atoms with Gasteiger partial charge in [0.05, 0.1) is 11.8 Å². The molecule has 2 heterocycles. The summed E-state index contributed by atoms with van der Waals surface area (Å²) in [5, 5.41) is 27.4. The number of nitrogens with one attached hydrogen (secondary N) is 1. The van der Waals surface area contributed by atoms with Crippen molar-refractivity contribution in [3.05, 3.63) is 65.1 Å². The Balaban J connectivity index is 2.13. The maximum Gasteiger partial charge on any atom is 0.238 e. The minimum atomic E-state index is -2.37. The molecule has 0 fully saturated rings. The molecule has 0 spiro atoms. The third-order valence-electron chi connectivity index (χ3n) is 3.42. The number of hydrogen-bond acceptors (Lipinski definition) is 5. The number of pyridine rings is 1. The van der Waals surface area contributed by atoms with Gasteiger partial charge in [-0.25, -0.2) is 9.37 Å². The van der Waals surface area contributed by atoms with Crippen LogP contribution in [0.15, 0.2) is 48.8 Å². The lowest BCUT2D eigenvalue weighted by atomic mass is 10.0. The Hall–Kier alpha value is -2.48. The van der Waals surface area contributed by atoms with Crippen molar-refractivity contribution in [2.75, 3.05) is 6.86 Å². The molecule has 24 heavy (non-hydrogen) atoms. The van der Waals surface area contributed by atoms with E-state index >= 15 is 0 Å². The lowest BCUT2D eigenvalue weighted by Gasteiger charge is -2.21. The van der Waals surface area contributed by atoms with E-state index in [4.69, 9.17) is 16.3 Å². The van der Waals surface area contributed by atoms with E-state index in [0.29, 0.717) is 10.6 Å². The normalized spacial score (nSPS) is 11.5. The molecule has 3 aromatic rings. The zero-order valence-corrected chi connectivity index (χ0v) is 13.0. The van der Waals surface area contributed by atoms with Gasteiger partial charge >= 0.3 is 0 Å². The molecule has 0 aliphatic heterocycles. The molecule has 3 rings (SSSR count). The third-order valence-corrected chi connectivity index (χ3v) is 3.66. The molecule has 2 aromatic heterocycles. The van der Waals surface area contributed by atoms with Crippen molar-refractivity contribution in [3.63, 3.8) is 0 Å². The molecule has 0 radical (unpaired) electrons. The Morgan fingerprint density at radius 1 is 1.25 bits per heavy atom.